The molecule has 0 amide bonds. The monoisotopic (exact) mass is 400 g/mol. The van der Waals surface area contributed by atoms with Crippen LogP contribution >= 0.6 is 0 Å². The molecular formula is C23H20N4O3. The second-order valence-electron chi connectivity index (χ2n) is 7.13. The molecule has 0 unspecified atom stereocenters. The molecule has 1 aliphatic heterocycles. The zero-order valence-corrected chi connectivity index (χ0v) is 16.7. The van der Waals surface area contributed by atoms with E-state index in [1.807, 2.05) is 61.9 Å². The molecule has 0 N–H and O–H groups in total. The lowest BCUT2D eigenvalue weighted by Gasteiger charge is -2.31. The van der Waals surface area contributed by atoms with E-state index < -0.39 is 5.97 Å². The van der Waals surface area contributed by atoms with Crippen molar-refractivity contribution in [3.63, 3.8) is 0 Å². The summed E-state index contributed by atoms with van der Waals surface area (Å²) in [6.07, 6.45) is 3.80. The predicted octanol–water partition coefficient (Wildman–Crippen LogP) is 3.95. The number of aryl methyl sites for hydroxylation is 1. The highest BCUT2D eigenvalue weighted by Gasteiger charge is 2.24. The van der Waals surface area contributed by atoms with Gasteiger partial charge in [0.05, 0.1) is 25.5 Å². The van der Waals surface area contributed by atoms with Crippen molar-refractivity contribution in [2.75, 3.05) is 25.2 Å². The molecule has 0 radical (unpaired) electrons. The van der Waals surface area contributed by atoms with Crippen LogP contribution in [0.1, 0.15) is 10.5 Å². The van der Waals surface area contributed by atoms with E-state index in [0.29, 0.717) is 19.0 Å². The van der Waals surface area contributed by atoms with Gasteiger partial charge in [0.2, 0.25) is 0 Å². The number of esters is 1. The summed E-state index contributed by atoms with van der Waals surface area (Å²) in [5.74, 6) is 1.03. The highest BCUT2D eigenvalue weighted by atomic mass is 16.5. The normalized spacial score (nSPS) is 13.1. The van der Waals surface area contributed by atoms with Crippen molar-refractivity contribution >= 4 is 28.2 Å². The number of benzene rings is 2. The van der Waals surface area contributed by atoms with Crippen molar-refractivity contribution in [1.29, 1.82) is 0 Å². The number of nitrogens with zero attached hydrogens (tertiary/aromatic N) is 4. The van der Waals surface area contributed by atoms with Crippen molar-refractivity contribution < 1.29 is 14.3 Å². The summed E-state index contributed by atoms with van der Waals surface area (Å²) in [6.45, 7) is 1.14. The van der Waals surface area contributed by atoms with Crippen LogP contribution in [0, 0.1) is 0 Å². The second kappa shape index (κ2) is 7.18. The van der Waals surface area contributed by atoms with E-state index in [-0.39, 0.29) is 5.69 Å². The summed E-state index contributed by atoms with van der Waals surface area (Å²) < 4.78 is 12.7. The van der Waals surface area contributed by atoms with Crippen LogP contribution in [0.4, 0.5) is 11.5 Å². The number of carbonyl (C=O) groups is 1. The highest BCUT2D eigenvalue weighted by Crippen LogP contribution is 2.40. The lowest BCUT2D eigenvalue weighted by atomic mass is 10.1. The zero-order chi connectivity index (χ0) is 20.7. The van der Waals surface area contributed by atoms with Gasteiger partial charge in [0.25, 0.3) is 0 Å². The van der Waals surface area contributed by atoms with Crippen molar-refractivity contribution in [2.24, 2.45) is 7.05 Å². The van der Waals surface area contributed by atoms with E-state index >= 15 is 0 Å². The zero-order valence-electron chi connectivity index (χ0n) is 16.7. The van der Waals surface area contributed by atoms with Gasteiger partial charge in [-0.3, -0.25) is 4.68 Å². The lowest BCUT2D eigenvalue weighted by molar-refractivity contribution is 0.0594. The molecular weight excluding hydrogens is 380 g/mol. The Morgan fingerprint density at radius 2 is 2.00 bits per heavy atom. The van der Waals surface area contributed by atoms with Crippen molar-refractivity contribution in [3.8, 4) is 16.9 Å². The second-order valence-corrected chi connectivity index (χ2v) is 7.13. The van der Waals surface area contributed by atoms with Gasteiger partial charge in [0.15, 0.2) is 5.69 Å². The molecule has 1 aliphatic rings. The minimum Gasteiger partial charge on any atom is -0.490 e. The number of pyridine rings is 1. The first-order chi connectivity index (χ1) is 14.6. The maximum Gasteiger partial charge on any atom is 0.356 e. The van der Waals surface area contributed by atoms with Crippen LogP contribution in [0.25, 0.3) is 21.9 Å². The Bertz CT molecular complexity index is 1260. The maximum absolute atomic E-state index is 12.2. The fourth-order valence-electron chi connectivity index (χ4n) is 3.79. The van der Waals surface area contributed by atoms with Gasteiger partial charge in [0, 0.05) is 24.2 Å². The topological polar surface area (TPSA) is 69.5 Å². The molecule has 5 rings (SSSR count). The molecule has 3 heterocycles. The van der Waals surface area contributed by atoms with Crippen molar-refractivity contribution in [3.05, 3.63) is 66.6 Å². The van der Waals surface area contributed by atoms with Crippen LogP contribution < -0.4 is 9.64 Å². The molecule has 7 heteroatoms. The van der Waals surface area contributed by atoms with Crippen LogP contribution in [0.2, 0.25) is 0 Å². The van der Waals surface area contributed by atoms with Crippen molar-refractivity contribution in [1.82, 2.24) is 14.8 Å². The molecule has 0 aliphatic carbocycles. The first-order valence-corrected chi connectivity index (χ1v) is 9.65. The summed E-state index contributed by atoms with van der Waals surface area (Å²) in [5.41, 5.74) is 3.25. The number of methoxy groups -OCH3 is 1. The quantitative estimate of drug-likeness (QED) is 0.485. The SMILES string of the molecule is COC(=O)c1cc2ccccc2c(N2CCOc3cc(-c4cnn(C)c4)ccc32)n1. The fourth-order valence-corrected chi connectivity index (χ4v) is 3.79. The Kier molecular flexibility index (Phi) is 4.35. The predicted molar refractivity (Wildman–Crippen MR) is 114 cm³/mol. The molecule has 0 atom stereocenters. The van der Waals surface area contributed by atoms with E-state index in [9.17, 15) is 4.79 Å². The number of aromatic nitrogens is 3. The van der Waals surface area contributed by atoms with Crippen LogP contribution in [0.3, 0.4) is 0 Å². The summed E-state index contributed by atoms with van der Waals surface area (Å²) in [6, 6.07) is 15.8. The third-order valence-corrected chi connectivity index (χ3v) is 5.23. The van der Waals surface area contributed by atoms with Crippen LogP contribution in [0.15, 0.2) is 60.9 Å². The smallest absolute Gasteiger partial charge is 0.356 e. The third kappa shape index (κ3) is 3.04. The highest BCUT2D eigenvalue weighted by molar-refractivity contribution is 6.00. The number of hydrogen-bond donors (Lipinski definition) is 0. The van der Waals surface area contributed by atoms with Crippen LogP contribution in [-0.4, -0.2) is 41.0 Å². The number of ether oxygens (including phenoxy) is 2. The maximum atomic E-state index is 12.2. The Balaban J connectivity index is 1.64. The lowest BCUT2D eigenvalue weighted by Crippen LogP contribution is -2.29. The van der Waals surface area contributed by atoms with Gasteiger partial charge in [-0.1, -0.05) is 30.3 Å². The summed E-state index contributed by atoms with van der Waals surface area (Å²) in [4.78, 5) is 19.0. The molecule has 7 nitrogen and oxygen atoms in total. The number of carbonyl (C=O) groups excluding carboxylic acids is 1. The van der Waals surface area contributed by atoms with E-state index in [0.717, 1.165) is 33.3 Å². The van der Waals surface area contributed by atoms with Gasteiger partial charge < -0.3 is 14.4 Å². The van der Waals surface area contributed by atoms with Gasteiger partial charge in [-0.2, -0.15) is 5.10 Å². The number of anilines is 2. The first-order valence-electron chi connectivity index (χ1n) is 9.65. The molecule has 2 aromatic heterocycles. The standard InChI is InChI=1S/C23H20N4O3/c1-26-14-17(13-24-26)15-7-8-20-21(12-15)30-10-9-27(20)22-18-6-4-3-5-16(18)11-19(25-22)23(28)29-2/h3-8,11-14H,9-10H2,1-2H3. The minimum absolute atomic E-state index is 0.284. The first kappa shape index (κ1) is 18.2. The summed E-state index contributed by atoms with van der Waals surface area (Å²) in [7, 11) is 3.26. The minimum atomic E-state index is -0.456. The average molecular weight is 400 g/mol. The average Bonchev–Trinajstić information content (AvgIpc) is 3.23. The summed E-state index contributed by atoms with van der Waals surface area (Å²) in [5, 5.41) is 6.15. The van der Waals surface area contributed by atoms with Gasteiger partial charge in [-0.25, -0.2) is 9.78 Å². The molecule has 0 spiro atoms. The number of hydrogen-bond acceptors (Lipinski definition) is 6. The summed E-state index contributed by atoms with van der Waals surface area (Å²) >= 11 is 0. The molecule has 4 aromatic rings. The molecule has 2 aromatic carbocycles. The van der Waals surface area contributed by atoms with Crippen molar-refractivity contribution in [2.45, 2.75) is 0 Å². The molecule has 0 saturated carbocycles. The molecule has 0 fully saturated rings. The Morgan fingerprint density at radius 1 is 1.13 bits per heavy atom. The molecule has 0 bridgehead atoms. The Morgan fingerprint density at radius 3 is 2.80 bits per heavy atom. The largest absolute Gasteiger partial charge is 0.490 e. The Labute approximate surface area is 173 Å². The molecule has 0 saturated heterocycles. The van der Waals surface area contributed by atoms with Gasteiger partial charge in [0.1, 0.15) is 18.2 Å². The molecule has 150 valence electrons. The third-order valence-electron chi connectivity index (χ3n) is 5.23. The van der Waals surface area contributed by atoms with Gasteiger partial charge in [-0.15, -0.1) is 0 Å². The molecule has 30 heavy (non-hydrogen) atoms. The van der Waals surface area contributed by atoms with Gasteiger partial charge >= 0.3 is 5.97 Å². The van der Waals surface area contributed by atoms with Crippen LogP contribution in [0.5, 0.6) is 5.75 Å². The fraction of sp³-hybridized carbons (Fsp3) is 0.174. The van der Waals surface area contributed by atoms with E-state index in [2.05, 4.69) is 15.0 Å². The number of fused-ring (bicyclic) bond motifs is 2. The van der Waals surface area contributed by atoms with Crippen LogP contribution in [-0.2, 0) is 11.8 Å². The van der Waals surface area contributed by atoms with E-state index in [4.69, 9.17) is 9.47 Å². The van der Waals surface area contributed by atoms with E-state index in [1.54, 1.807) is 10.7 Å². The Hall–Kier alpha value is -3.87. The van der Waals surface area contributed by atoms with Gasteiger partial charge in [-0.05, 0) is 29.1 Å². The number of rotatable bonds is 3. The van der Waals surface area contributed by atoms with E-state index in [1.165, 1.54) is 7.11 Å².